The van der Waals surface area contributed by atoms with Crippen molar-refractivity contribution in [1.29, 1.82) is 0 Å². The molecule has 0 saturated carbocycles. The molecular weight excluding hydrogens is 196 g/mol. The predicted molar refractivity (Wildman–Crippen MR) is 56.2 cm³/mol. The van der Waals surface area contributed by atoms with Gasteiger partial charge in [-0.25, -0.2) is 8.78 Å². The highest BCUT2D eigenvalue weighted by Gasteiger charge is 2.05. The van der Waals surface area contributed by atoms with Gasteiger partial charge in [0.25, 0.3) is 0 Å². The zero-order valence-corrected chi connectivity index (χ0v) is 7.87. The Kier molecular flexibility index (Phi) is 2.37. The molecule has 0 aliphatic heterocycles. The molecule has 0 aliphatic rings. The van der Waals surface area contributed by atoms with Gasteiger partial charge in [-0.15, -0.1) is 0 Å². The Balaban J connectivity index is 2.58. The summed E-state index contributed by atoms with van der Waals surface area (Å²) in [6.45, 7) is 0. The third kappa shape index (κ3) is 1.96. The lowest BCUT2D eigenvalue weighted by Crippen LogP contribution is -1.89. The lowest BCUT2D eigenvalue weighted by molar-refractivity contribution is 0.625. The predicted octanol–water partition coefficient (Wildman–Crippen LogP) is 3.21. The summed E-state index contributed by atoms with van der Waals surface area (Å²) in [5.41, 5.74) is 6.80. The summed E-state index contributed by atoms with van der Waals surface area (Å²) in [5.74, 6) is -0.802. The number of rotatable bonds is 1. The first-order valence-electron chi connectivity index (χ1n) is 4.48. The van der Waals surface area contributed by atoms with Crippen molar-refractivity contribution in [3.8, 4) is 11.1 Å². The number of halogens is 2. The van der Waals surface area contributed by atoms with Crippen molar-refractivity contribution in [3.05, 3.63) is 54.1 Å². The molecule has 2 aromatic carbocycles. The normalized spacial score (nSPS) is 10.3. The number of hydrogen-bond donors (Lipinski definition) is 1. The number of benzene rings is 2. The van der Waals surface area contributed by atoms with E-state index in [0.717, 1.165) is 0 Å². The van der Waals surface area contributed by atoms with Gasteiger partial charge in [-0.3, -0.25) is 0 Å². The Morgan fingerprint density at radius 2 is 1.73 bits per heavy atom. The summed E-state index contributed by atoms with van der Waals surface area (Å²) < 4.78 is 26.3. The minimum absolute atomic E-state index is 0.314. The minimum Gasteiger partial charge on any atom is -0.399 e. The molecule has 0 saturated heterocycles. The Morgan fingerprint density at radius 3 is 2.47 bits per heavy atom. The van der Waals surface area contributed by atoms with Crippen LogP contribution < -0.4 is 5.73 Å². The van der Waals surface area contributed by atoms with Gasteiger partial charge in [-0.05, 0) is 35.9 Å². The highest BCUT2D eigenvalue weighted by molar-refractivity contribution is 5.67. The quantitative estimate of drug-likeness (QED) is 0.711. The second-order valence-electron chi connectivity index (χ2n) is 3.25. The van der Waals surface area contributed by atoms with Crippen molar-refractivity contribution in [3.63, 3.8) is 0 Å². The van der Waals surface area contributed by atoms with Gasteiger partial charge in [0.15, 0.2) is 0 Å². The molecule has 2 aromatic rings. The second kappa shape index (κ2) is 3.69. The molecule has 2 rings (SSSR count). The third-order valence-corrected chi connectivity index (χ3v) is 2.13. The van der Waals surface area contributed by atoms with E-state index < -0.39 is 11.6 Å². The van der Waals surface area contributed by atoms with E-state index in [-0.39, 0.29) is 0 Å². The molecule has 0 amide bonds. The van der Waals surface area contributed by atoms with E-state index in [1.165, 1.54) is 36.4 Å². The van der Waals surface area contributed by atoms with E-state index in [1.54, 1.807) is 6.07 Å². The van der Waals surface area contributed by atoms with Crippen LogP contribution in [0.4, 0.5) is 14.5 Å². The fourth-order valence-corrected chi connectivity index (χ4v) is 1.42. The first-order valence-corrected chi connectivity index (χ1v) is 4.48. The summed E-state index contributed by atoms with van der Waals surface area (Å²) >= 11 is 0. The molecule has 0 aliphatic carbocycles. The van der Waals surface area contributed by atoms with Crippen molar-refractivity contribution in [2.75, 3.05) is 5.73 Å². The standard InChI is InChI=1S/C12H9F2N/c13-9-3-1-2-8(6-9)11-7-10(15)4-5-12(11)14/h1-7H,15H2. The summed E-state index contributed by atoms with van der Waals surface area (Å²) in [6, 6.07) is 10.00. The maximum atomic E-state index is 13.4. The maximum absolute atomic E-state index is 13.4. The molecule has 0 heterocycles. The van der Waals surface area contributed by atoms with Gasteiger partial charge in [-0.2, -0.15) is 0 Å². The first kappa shape index (κ1) is 9.65. The van der Waals surface area contributed by atoms with Crippen LogP contribution in [0.3, 0.4) is 0 Å². The highest BCUT2D eigenvalue weighted by atomic mass is 19.1. The molecular formula is C12H9F2N. The molecule has 0 fully saturated rings. The van der Waals surface area contributed by atoms with E-state index in [0.29, 0.717) is 16.8 Å². The fraction of sp³-hybridized carbons (Fsp3) is 0. The molecule has 0 radical (unpaired) electrons. The van der Waals surface area contributed by atoms with Crippen molar-refractivity contribution in [1.82, 2.24) is 0 Å². The Bertz CT molecular complexity index is 495. The lowest BCUT2D eigenvalue weighted by atomic mass is 10.0. The number of nitrogen functional groups attached to an aromatic ring is 1. The molecule has 0 atom stereocenters. The van der Waals surface area contributed by atoms with Crippen molar-refractivity contribution in [2.24, 2.45) is 0 Å². The van der Waals surface area contributed by atoms with Crippen LogP contribution in [0, 0.1) is 11.6 Å². The van der Waals surface area contributed by atoms with Gasteiger partial charge in [0, 0.05) is 11.3 Å². The fourth-order valence-electron chi connectivity index (χ4n) is 1.42. The molecule has 0 spiro atoms. The molecule has 0 unspecified atom stereocenters. The van der Waals surface area contributed by atoms with E-state index in [9.17, 15) is 8.78 Å². The number of nitrogens with two attached hydrogens (primary N) is 1. The van der Waals surface area contributed by atoms with Crippen LogP contribution in [0.15, 0.2) is 42.5 Å². The number of hydrogen-bond acceptors (Lipinski definition) is 1. The SMILES string of the molecule is Nc1ccc(F)c(-c2cccc(F)c2)c1. The zero-order valence-electron chi connectivity index (χ0n) is 7.87. The zero-order chi connectivity index (χ0) is 10.8. The van der Waals surface area contributed by atoms with Crippen LogP contribution in [0.25, 0.3) is 11.1 Å². The summed E-state index contributed by atoms with van der Waals surface area (Å²) in [4.78, 5) is 0. The van der Waals surface area contributed by atoms with Crippen LogP contribution in [-0.2, 0) is 0 Å². The van der Waals surface area contributed by atoms with Gasteiger partial charge in [0.2, 0.25) is 0 Å². The highest BCUT2D eigenvalue weighted by Crippen LogP contribution is 2.25. The molecule has 15 heavy (non-hydrogen) atoms. The molecule has 1 nitrogen and oxygen atoms in total. The van der Waals surface area contributed by atoms with Crippen LogP contribution in [0.2, 0.25) is 0 Å². The van der Waals surface area contributed by atoms with Crippen LogP contribution in [0.5, 0.6) is 0 Å². The van der Waals surface area contributed by atoms with Crippen molar-refractivity contribution in [2.45, 2.75) is 0 Å². The van der Waals surface area contributed by atoms with Gasteiger partial charge in [0.1, 0.15) is 11.6 Å². The van der Waals surface area contributed by atoms with Gasteiger partial charge >= 0.3 is 0 Å². The van der Waals surface area contributed by atoms with Crippen molar-refractivity contribution < 1.29 is 8.78 Å². The molecule has 3 heteroatoms. The van der Waals surface area contributed by atoms with E-state index in [2.05, 4.69) is 0 Å². The number of anilines is 1. The van der Waals surface area contributed by atoms with E-state index in [1.807, 2.05) is 0 Å². The lowest BCUT2D eigenvalue weighted by Gasteiger charge is -2.04. The molecule has 2 N–H and O–H groups in total. The van der Waals surface area contributed by atoms with E-state index in [4.69, 9.17) is 5.73 Å². The summed E-state index contributed by atoms with van der Waals surface area (Å²) in [7, 11) is 0. The van der Waals surface area contributed by atoms with Gasteiger partial charge in [0.05, 0.1) is 0 Å². The monoisotopic (exact) mass is 205 g/mol. The molecule has 0 aromatic heterocycles. The van der Waals surface area contributed by atoms with Crippen LogP contribution in [-0.4, -0.2) is 0 Å². The van der Waals surface area contributed by atoms with E-state index >= 15 is 0 Å². The Morgan fingerprint density at radius 1 is 0.933 bits per heavy atom. The van der Waals surface area contributed by atoms with Crippen molar-refractivity contribution >= 4 is 5.69 Å². The average molecular weight is 205 g/mol. The average Bonchev–Trinajstić information content (AvgIpc) is 2.22. The molecule has 76 valence electrons. The minimum atomic E-state index is -0.408. The summed E-state index contributed by atoms with van der Waals surface area (Å²) in [6.07, 6.45) is 0. The molecule has 0 bridgehead atoms. The first-order chi connectivity index (χ1) is 7.16. The topological polar surface area (TPSA) is 26.0 Å². The van der Waals surface area contributed by atoms with Crippen LogP contribution >= 0.6 is 0 Å². The van der Waals surface area contributed by atoms with Gasteiger partial charge < -0.3 is 5.73 Å². The Labute approximate surface area is 86.2 Å². The largest absolute Gasteiger partial charge is 0.399 e. The smallest absolute Gasteiger partial charge is 0.131 e. The summed E-state index contributed by atoms with van der Waals surface area (Å²) in [5, 5.41) is 0. The van der Waals surface area contributed by atoms with Gasteiger partial charge in [-0.1, -0.05) is 12.1 Å². The third-order valence-electron chi connectivity index (χ3n) is 2.13. The maximum Gasteiger partial charge on any atom is 0.131 e. The van der Waals surface area contributed by atoms with Crippen LogP contribution in [0.1, 0.15) is 0 Å². The second-order valence-corrected chi connectivity index (χ2v) is 3.25. The Hall–Kier alpha value is -1.90.